The topological polar surface area (TPSA) is 68.5 Å². The van der Waals surface area contributed by atoms with E-state index in [2.05, 4.69) is 5.32 Å². The molecular weight excluding hydrogens is 366 g/mol. The molecule has 29 heavy (non-hydrogen) atoms. The number of hydrogen-bond donors (Lipinski definition) is 1. The standard InChI is InChI=1S/C24H25NO4/c1-16-8-7-9-17(2)23(16)25-24(27)18(3)28-22(26)15-13-20-12-14-21(29-20)19-10-5-4-6-11-19/h4-12,14,18H,13,15H2,1-3H3,(H,25,27)/t18-/m0/s1. The summed E-state index contributed by atoms with van der Waals surface area (Å²) in [7, 11) is 0. The van der Waals surface area contributed by atoms with Crippen LogP contribution >= 0.6 is 0 Å². The first-order valence-electron chi connectivity index (χ1n) is 9.64. The normalized spacial score (nSPS) is 11.7. The molecule has 0 fully saturated rings. The number of aryl methyl sites for hydroxylation is 3. The average Bonchev–Trinajstić information content (AvgIpc) is 3.19. The minimum Gasteiger partial charge on any atom is -0.461 e. The molecule has 1 heterocycles. The van der Waals surface area contributed by atoms with Crippen LogP contribution in [-0.2, 0) is 20.7 Å². The Hall–Kier alpha value is -3.34. The van der Waals surface area contributed by atoms with E-state index in [-0.39, 0.29) is 12.3 Å². The van der Waals surface area contributed by atoms with Crippen molar-refractivity contribution in [2.75, 3.05) is 5.32 Å². The number of amides is 1. The highest BCUT2D eigenvalue weighted by Gasteiger charge is 2.19. The van der Waals surface area contributed by atoms with Crippen molar-refractivity contribution in [2.24, 2.45) is 0 Å². The average molecular weight is 391 g/mol. The SMILES string of the molecule is Cc1cccc(C)c1NC(=O)[C@H](C)OC(=O)CCc1ccc(-c2ccccc2)o1. The maximum absolute atomic E-state index is 12.4. The van der Waals surface area contributed by atoms with Gasteiger partial charge < -0.3 is 14.5 Å². The Morgan fingerprint density at radius 3 is 2.34 bits per heavy atom. The molecule has 5 nitrogen and oxygen atoms in total. The smallest absolute Gasteiger partial charge is 0.307 e. The number of carbonyl (C=O) groups is 2. The molecule has 1 atom stereocenters. The van der Waals surface area contributed by atoms with E-state index in [1.54, 1.807) is 6.92 Å². The Labute approximate surface area is 170 Å². The summed E-state index contributed by atoms with van der Waals surface area (Å²) >= 11 is 0. The van der Waals surface area contributed by atoms with Crippen molar-refractivity contribution in [3.63, 3.8) is 0 Å². The van der Waals surface area contributed by atoms with Crippen molar-refractivity contribution >= 4 is 17.6 Å². The van der Waals surface area contributed by atoms with Gasteiger partial charge in [-0.3, -0.25) is 9.59 Å². The third kappa shape index (κ3) is 5.35. The third-order valence-electron chi connectivity index (χ3n) is 4.70. The van der Waals surface area contributed by atoms with Crippen LogP contribution in [0, 0.1) is 13.8 Å². The fourth-order valence-electron chi connectivity index (χ4n) is 3.04. The maximum Gasteiger partial charge on any atom is 0.307 e. The fraction of sp³-hybridized carbons (Fsp3) is 0.250. The lowest BCUT2D eigenvalue weighted by Gasteiger charge is -2.16. The van der Waals surface area contributed by atoms with Gasteiger partial charge in [0, 0.05) is 17.7 Å². The van der Waals surface area contributed by atoms with Gasteiger partial charge in [-0.2, -0.15) is 0 Å². The predicted molar refractivity (Wildman–Crippen MR) is 113 cm³/mol. The monoisotopic (exact) mass is 391 g/mol. The summed E-state index contributed by atoms with van der Waals surface area (Å²) in [6, 6.07) is 19.3. The first kappa shape index (κ1) is 20.4. The molecule has 0 unspecified atom stereocenters. The molecule has 0 radical (unpaired) electrons. The van der Waals surface area contributed by atoms with Crippen LogP contribution in [-0.4, -0.2) is 18.0 Å². The van der Waals surface area contributed by atoms with Crippen LogP contribution in [0.3, 0.4) is 0 Å². The maximum atomic E-state index is 12.4. The van der Waals surface area contributed by atoms with Gasteiger partial charge in [0.15, 0.2) is 6.10 Å². The van der Waals surface area contributed by atoms with Crippen molar-refractivity contribution in [1.29, 1.82) is 0 Å². The highest BCUT2D eigenvalue weighted by Crippen LogP contribution is 2.23. The second-order valence-corrected chi connectivity index (χ2v) is 7.02. The van der Waals surface area contributed by atoms with Gasteiger partial charge in [-0.05, 0) is 44.0 Å². The molecule has 0 aliphatic rings. The number of rotatable bonds is 7. The summed E-state index contributed by atoms with van der Waals surface area (Å²) in [6.07, 6.45) is -0.322. The van der Waals surface area contributed by atoms with Crippen LogP contribution in [0.5, 0.6) is 0 Å². The van der Waals surface area contributed by atoms with Gasteiger partial charge in [0.1, 0.15) is 11.5 Å². The van der Waals surface area contributed by atoms with E-state index in [4.69, 9.17) is 9.15 Å². The number of benzene rings is 2. The number of furan rings is 1. The summed E-state index contributed by atoms with van der Waals surface area (Å²) in [6.45, 7) is 5.42. The first-order chi connectivity index (χ1) is 13.9. The molecule has 3 aromatic rings. The number of anilines is 1. The molecule has 0 saturated heterocycles. The largest absolute Gasteiger partial charge is 0.461 e. The van der Waals surface area contributed by atoms with Crippen LogP contribution in [0.4, 0.5) is 5.69 Å². The molecule has 0 bridgehead atoms. The molecule has 0 saturated carbocycles. The molecule has 1 amide bonds. The van der Waals surface area contributed by atoms with Crippen LogP contribution in [0.2, 0.25) is 0 Å². The van der Waals surface area contributed by atoms with E-state index in [9.17, 15) is 9.59 Å². The van der Waals surface area contributed by atoms with Crippen molar-refractivity contribution < 1.29 is 18.7 Å². The Morgan fingerprint density at radius 1 is 0.966 bits per heavy atom. The number of carbonyl (C=O) groups excluding carboxylic acids is 2. The van der Waals surface area contributed by atoms with Crippen LogP contribution < -0.4 is 5.32 Å². The van der Waals surface area contributed by atoms with Gasteiger partial charge in [0.2, 0.25) is 0 Å². The molecule has 1 aromatic heterocycles. The third-order valence-corrected chi connectivity index (χ3v) is 4.70. The molecule has 0 aliphatic heterocycles. The number of nitrogens with one attached hydrogen (secondary N) is 1. The molecule has 5 heteroatoms. The summed E-state index contributed by atoms with van der Waals surface area (Å²) in [5.41, 5.74) is 3.66. The van der Waals surface area contributed by atoms with Gasteiger partial charge in [0.25, 0.3) is 5.91 Å². The highest BCUT2D eigenvalue weighted by molar-refractivity contribution is 5.96. The lowest BCUT2D eigenvalue weighted by Crippen LogP contribution is -2.30. The zero-order valence-corrected chi connectivity index (χ0v) is 16.9. The molecule has 2 aromatic carbocycles. The number of esters is 1. The number of ether oxygens (including phenoxy) is 1. The minimum absolute atomic E-state index is 0.142. The van der Waals surface area contributed by atoms with E-state index in [0.29, 0.717) is 12.2 Å². The second-order valence-electron chi connectivity index (χ2n) is 7.02. The van der Waals surface area contributed by atoms with Crippen molar-refractivity contribution in [3.05, 3.63) is 77.6 Å². The van der Waals surface area contributed by atoms with Crippen LogP contribution in [0.1, 0.15) is 30.2 Å². The summed E-state index contributed by atoms with van der Waals surface area (Å²) in [4.78, 5) is 24.5. The number of hydrogen-bond acceptors (Lipinski definition) is 4. The molecule has 0 aliphatic carbocycles. The van der Waals surface area contributed by atoms with Crippen molar-refractivity contribution in [2.45, 2.75) is 39.7 Å². The number of para-hydroxylation sites is 1. The highest BCUT2D eigenvalue weighted by atomic mass is 16.5. The summed E-state index contributed by atoms with van der Waals surface area (Å²) < 4.78 is 11.1. The van der Waals surface area contributed by atoms with Gasteiger partial charge in [-0.25, -0.2) is 0 Å². The summed E-state index contributed by atoms with van der Waals surface area (Å²) in [5, 5.41) is 2.84. The van der Waals surface area contributed by atoms with E-state index in [1.807, 2.05) is 74.5 Å². The lowest BCUT2D eigenvalue weighted by molar-refractivity contribution is -0.153. The molecule has 150 valence electrons. The van der Waals surface area contributed by atoms with Gasteiger partial charge in [-0.1, -0.05) is 48.5 Å². The van der Waals surface area contributed by atoms with Crippen LogP contribution in [0.25, 0.3) is 11.3 Å². The molecule has 3 rings (SSSR count). The van der Waals surface area contributed by atoms with E-state index in [0.717, 1.165) is 28.1 Å². The first-order valence-corrected chi connectivity index (χ1v) is 9.64. The van der Waals surface area contributed by atoms with Gasteiger partial charge in [0.05, 0.1) is 6.42 Å². The van der Waals surface area contributed by atoms with Gasteiger partial charge >= 0.3 is 5.97 Å². The van der Waals surface area contributed by atoms with Crippen LogP contribution in [0.15, 0.2) is 65.1 Å². The lowest BCUT2D eigenvalue weighted by atomic mass is 10.1. The van der Waals surface area contributed by atoms with Crippen molar-refractivity contribution in [1.82, 2.24) is 0 Å². The molecule has 0 spiro atoms. The van der Waals surface area contributed by atoms with E-state index < -0.39 is 12.1 Å². The zero-order valence-electron chi connectivity index (χ0n) is 16.9. The quantitative estimate of drug-likeness (QED) is 0.571. The Kier molecular flexibility index (Phi) is 6.50. The zero-order chi connectivity index (χ0) is 20.8. The van der Waals surface area contributed by atoms with E-state index in [1.165, 1.54) is 0 Å². The Balaban J connectivity index is 1.50. The fourth-order valence-corrected chi connectivity index (χ4v) is 3.04. The Bertz CT molecular complexity index is 971. The summed E-state index contributed by atoms with van der Waals surface area (Å²) in [5.74, 6) is 0.677. The Morgan fingerprint density at radius 2 is 1.66 bits per heavy atom. The second kappa shape index (κ2) is 9.24. The van der Waals surface area contributed by atoms with Gasteiger partial charge in [-0.15, -0.1) is 0 Å². The predicted octanol–water partition coefficient (Wildman–Crippen LogP) is 5.07. The van der Waals surface area contributed by atoms with E-state index >= 15 is 0 Å². The molecular formula is C24H25NO4. The minimum atomic E-state index is -0.877. The molecule has 1 N–H and O–H groups in total. The van der Waals surface area contributed by atoms with Crippen molar-refractivity contribution in [3.8, 4) is 11.3 Å².